The van der Waals surface area contributed by atoms with E-state index in [2.05, 4.69) is 15.8 Å². The predicted molar refractivity (Wildman–Crippen MR) is 151 cm³/mol. The molecule has 0 aliphatic heterocycles. The van der Waals surface area contributed by atoms with Crippen LogP contribution in [0.15, 0.2) is 107 Å². The summed E-state index contributed by atoms with van der Waals surface area (Å²) in [4.78, 5) is 24.4. The van der Waals surface area contributed by atoms with Crippen molar-refractivity contribution < 1.29 is 27.2 Å². The van der Waals surface area contributed by atoms with Gasteiger partial charge in [0.1, 0.15) is 11.5 Å². The number of sulfonamides is 1. The molecule has 1 heterocycles. The average Bonchev–Trinajstić information content (AvgIpc) is 3.48. The van der Waals surface area contributed by atoms with Crippen molar-refractivity contribution in [3.63, 3.8) is 0 Å². The first kappa shape index (κ1) is 28.1. The van der Waals surface area contributed by atoms with Gasteiger partial charge < -0.3 is 14.5 Å². The number of hydrogen-bond acceptors (Lipinski definition) is 7. The van der Waals surface area contributed by atoms with Gasteiger partial charge in [0.25, 0.3) is 11.8 Å². The summed E-state index contributed by atoms with van der Waals surface area (Å²) in [6.45, 7) is 0.323. The minimum atomic E-state index is -3.54. The molecular formula is C29H28N4O6S. The number of ether oxygens (including phenoxy) is 1. The minimum absolute atomic E-state index is 0.142. The maximum Gasteiger partial charge on any atom is 0.271 e. The molecule has 4 rings (SSSR count). The topological polar surface area (TPSA) is 130 Å². The summed E-state index contributed by atoms with van der Waals surface area (Å²) in [5.41, 5.74) is 4.77. The summed E-state index contributed by atoms with van der Waals surface area (Å²) in [7, 11) is -3.54. The van der Waals surface area contributed by atoms with E-state index in [0.29, 0.717) is 28.3 Å². The van der Waals surface area contributed by atoms with E-state index >= 15 is 0 Å². The highest BCUT2D eigenvalue weighted by atomic mass is 32.2. The monoisotopic (exact) mass is 560 g/mol. The molecule has 0 aliphatic carbocycles. The third kappa shape index (κ3) is 8.30. The molecule has 1 aromatic heterocycles. The Balaban J connectivity index is 1.26. The van der Waals surface area contributed by atoms with Gasteiger partial charge in [-0.2, -0.15) is 5.10 Å². The fraction of sp³-hybridized carbons (Fsp3) is 0.138. The molecule has 0 saturated heterocycles. The standard InChI is InChI=1S/C29H28N4O6S/c1-40(36,37)33(20-23-6-3-2-4-7-23)25-13-11-24(12-14-25)29(35)32-31-18-22-9-15-26(16-10-22)39-21-28(34)30-19-27-8-5-17-38-27/h2-18H,19-21H2,1H3,(H,30,34)(H,32,35). The minimum Gasteiger partial charge on any atom is -0.484 e. The van der Waals surface area contributed by atoms with Crippen molar-refractivity contribution in [3.05, 3.63) is 120 Å². The molecule has 0 unspecified atom stereocenters. The molecule has 10 nitrogen and oxygen atoms in total. The van der Waals surface area contributed by atoms with Crippen molar-refractivity contribution in [1.82, 2.24) is 10.7 Å². The summed E-state index contributed by atoms with van der Waals surface area (Å²) in [6.07, 6.45) is 4.15. The number of carbonyl (C=O) groups excluding carboxylic acids is 2. The second-order valence-electron chi connectivity index (χ2n) is 8.72. The fourth-order valence-electron chi connectivity index (χ4n) is 3.61. The van der Waals surface area contributed by atoms with Crippen molar-refractivity contribution in [2.24, 2.45) is 5.10 Å². The van der Waals surface area contributed by atoms with Crippen molar-refractivity contribution in [2.45, 2.75) is 13.1 Å². The second kappa shape index (κ2) is 13.3. The molecule has 11 heteroatoms. The summed E-state index contributed by atoms with van der Waals surface area (Å²) < 4.78 is 36.7. The van der Waals surface area contributed by atoms with Crippen LogP contribution in [0.3, 0.4) is 0 Å². The lowest BCUT2D eigenvalue weighted by atomic mass is 10.2. The predicted octanol–water partition coefficient (Wildman–Crippen LogP) is 3.70. The van der Waals surface area contributed by atoms with Gasteiger partial charge in [-0.25, -0.2) is 13.8 Å². The molecule has 2 amide bonds. The normalized spacial score (nSPS) is 11.2. The molecular weight excluding hydrogens is 532 g/mol. The van der Waals surface area contributed by atoms with E-state index in [-0.39, 0.29) is 25.6 Å². The third-order valence-electron chi connectivity index (χ3n) is 5.66. The van der Waals surface area contributed by atoms with Crippen molar-refractivity contribution in [2.75, 3.05) is 17.2 Å². The number of amides is 2. The molecule has 206 valence electrons. The van der Waals surface area contributed by atoms with Crippen molar-refractivity contribution in [1.29, 1.82) is 0 Å². The highest BCUT2D eigenvalue weighted by Gasteiger charge is 2.18. The van der Waals surface area contributed by atoms with Crippen molar-refractivity contribution >= 4 is 33.7 Å². The Hall–Kier alpha value is -4.90. The van der Waals surface area contributed by atoms with Crippen LogP contribution < -0.4 is 19.8 Å². The van der Waals surface area contributed by atoms with Gasteiger partial charge in [0.15, 0.2) is 6.61 Å². The van der Waals surface area contributed by atoms with Crippen LogP contribution in [0.2, 0.25) is 0 Å². The number of furan rings is 1. The summed E-state index contributed by atoms with van der Waals surface area (Å²) >= 11 is 0. The summed E-state index contributed by atoms with van der Waals surface area (Å²) in [5.74, 6) is 0.429. The number of hydrazone groups is 1. The van der Waals surface area contributed by atoms with Gasteiger partial charge in [-0.05, 0) is 71.8 Å². The maximum absolute atomic E-state index is 12.5. The van der Waals surface area contributed by atoms with Gasteiger partial charge >= 0.3 is 0 Å². The number of anilines is 1. The zero-order chi connectivity index (χ0) is 28.4. The Morgan fingerprint density at radius 2 is 1.68 bits per heavy atom. The van der Waals surface area contributed by atoms with E-state index in [4.69, 9.17) is 9.15 Å². The summed E-state index contributed by atoms with van der Waals surface area (Å²) in [5, 5.41) is 6.67. The Bertz CT molecular complexity index is 1540. The van der Waals surface area contributed by atoms with Crippen molar-refractivity contribution in [3.8, 4) is 5.75 Å². The molecule has 0 radical (unpaired) electrons. The lowest BCUT2D eigenvalue weighted by Gasteiger charge is -2.22. The number of hydrogen-bond donors (Lipinski definition) is 2. The van der Waals surface area contributed by atoms with Gasteiger partial charge in [0.05, 0.1) is 37.5 Å². The second-order valence-corrected chi connectivity index (χ2v) is 10.6. The van der Waals surface area contributed by atoms with Gasteiger partial charge in [-0.15, -0.1) is 0 Å². The first-order chi connectivity index (χ1) is 19.3. The first-order valence-electron chi connectivity index (χ1n) is 12.2. The quantitative estimate of drug-likeness (QED) is 0.201. The molecule has 0 atom stereocenters. The summed E-state index contributed by atoms with van der Waals surface area (Å²) in [6, 6.07) is 25.8. The smallest absolute Gasteiger partial charge is 0.271 e. The molecule has 0 aliphatic rings. The zero-order valence-electron chi connectivity index (χ0n) is 21.7. The number of carbonyl (C=O) groups is 2. The van der Waals surface area contributed by atoms with E-state index in [9.17, 15) is 18.0 Å². The van der Waals surface area contributed by atoms with Crippen LogP contribution in [0.5, 0.6) is 5.75 Å². The molecule has 4 aromatic rings. The van der Waals surface area contributed by atoms with Crippen LogP contribution in [0, 0.1) is 0 Å². The average molecular weight is 561 g/mol. The van der Waals surface area contributed by atoms with Crippen LogP contribution in [0.25, 0.3) is 0 Å². The lowest BCUT2D eigenvalue weighted by molar-refractivity contribution is -0.123. The van der Waals surface area contributed by atoms with E-state index in [1.807, 2.05) is 30.3 Å². The fourth-order valence-corrected chi connectivity index (χ4v) is 4.50. The van der Waals surface area contributed by atoms with Gasteiger partial charge in [0.2, 0.25) is 10.0 Å². The van der Waals surface area contributed by atoms with Crippen LogP contribution in [-0.4, -0.2) is 39.3 Å². The van der Waals surface area contributed by atoms with E-state index in [1.165, 1.54) is 16.8 Å². The molecule has 40 heavy (non-hydrogen) atoms. The van der Waals surface area contributed by atoms with E-state index < -0.39 is 15.9 Å². The zero-order valence-corrected chi connectivity index (χ0v) is 22.5. The van der Waals surface area contributed by atoms with Gasteiger partial charge in [-0.1, -0.05) is 30.3 Å². The third-order valence-corrected chi connectivity index (χ3v) is 6.80. The molecule has 3 aromatic carbocycles. The molecule has 0 bridgehead atoms. The van der Waals surface area contributed by atoms with Gasteiger partial charge in [-0.3, -0.25) is 13.9 Å². The van der Waals surface area contributed by atoms with Crippen LogP contribution in [0.4, 0.5) is 5.69 Å². The maximum atomic E-state index is 12.5. The van der Waals surface area contributed by atoms with E-state index in [0.717, 1.165) is 11.8 Å². The number of nitrogens with zero attached hydrogens (tertiary/aromatic N) is 2. The highest BCUT2D eigenvalue weighted by molar-refractivity contribution is 7.92. The number of nitrogens with one attached hydrogen (secondary N) is 2. The van der Waals surface area contributed by atoms with Crippen LogP contribution in [0.1, 0.15) is 27.2 Å². The highest BCUT2D eigenvalue weighted by Crippen LogP contribution is 2.21. The van der Waals surface area contributed by atoms with Crippen LogP contribution >= 0.6 is 0 Å². The number of benzene rings is 3. The Morgan fingerprint density at radius 1 is 0.950 bits per heavy atom. The largest absolute Gasteiger partial charge is 0.484 e. The van der Waals surface area contributed by atoms with Crippen LogP contribution in [-0.2, 0) is 27.9 Å². The molecule has 2 N–H and O–H groups in total. The Morgan fingerprint density at radius 3 is 2.33 bits per heavy atom. The Kier molecular flexibility index (Phi) is 9.31. The SMILES string of the molecule is CS(=O)(=O)N(Cc1ccccc1)c1ccc(C(=O)NN=Cc2ccc(OCC(=O)NCc3ccco3)cc2)cc1. The molecule has 0 spiro atoms. The molecule has 0 saturated carbocycles. The first-order valence-corrected chi connectivity index (χ1v) is 14.1. The number of rotatable bonds is 12. The molecule has 0 fully saturated rings. The van der Waals surface area contributed by atoms with Gasteiger partial charge in [0, 0.05) is 5.56 Å². The lowest BCUT2D eigenvalue weighted by Crippen LogP contribution is -2.29. The Labute approximate surface area is 232 Å². The van der Waals surface area contributed by atoms with E-state index in [1.54, 1.807) is 60.7 Å².